The average Bonchev–Trinajstić information content (AvgIpc) is 3.19. The standard InChI is InChI=1S/C24H27FN4O3/c1-27-10-8-17(9-11-27)28(2)24(31)29-23(15-4-3-5-18(30)12-15)20-14-32-21-7-6-16(25)13-19(21)22(20)26-29/h3-7,12-13,17,20,23,30H,8-11,14H2,1-2H3/t20-,23-/m1/s1. The first-order chi connectivity index (χ1) is 15.4. The fourth-order valence-corrected chi connectivity index (χ4v) is 4.95. The summed E-state index contributed by atoms with van der Waals surface area (Å²) in [6.45, 7) is 2.20. The number of likely N-dealkylation sites (tertiary alicyclic amines) is 1. The molecule has 3 aliphatic rings. The van der Waals surface area contributed by atoms with Gasteiger partial charge in [-0.1, -0.05) is 12.1 Å². The van der Waals surface area contributed by atoms with Gasteiger partial charge >= 0.3 is 6.03 Å². The van der Waals surface area contributed by atoms with Crippen molar-refractivity contribution in [2.45, 2.75) is 24.9 Å². The van der Waals surface area contributed by atoms with Gasteiger partial charge in [0.1, 0.15) is 17.3 Å². The lowest BCUT2D eigenvalue weighted by atomic mass is 9.86. The van der Waals surface area contributed by atoms with E-state index in [9.17, 15) is 14.3 Å². The summed E-state index contributed by atoms with van der Waals surface area (Å²) in [5, 5.41) is 16.3. The lowest BCUT2D eigenvalue weighted by molar-refractivity contribution is 0.102. The average molecular weight is 439 g/mol. The molecule has 0 spiro atoms. The van der Waals surface area contributed by atoms with E-state index in [-0.39, 0.29) is 29.6 Å². The van der Waals surface area contributed by atoms with E-state index in [4.69, 9.17) is 9.84 Å². The number of ether oxygens (including phenoxy) is 1. The number of piperidine rings is 1. The number of phenols is 1. The minimum absolute atomic E-state index is 0.121. The molecule has 0 unspecified atom stereocenters. The van der Waals surface area contributed by atoms with Crippen LogP contribution in [0.25, 0.3) is 0 Å². The molecule has 2 aromatic carbocycles. The van der Waals surface area contributed by atoms with Crippen molar-refractivity contribution in [3.63, 3.8) is 0 Å². The second kappa shape index (κ2) is 8.09. The van der Waals surface area contributed by atoms with E-state index in [1.165, 1.54) is 17.1 Å². The lowest BCUT2D eigenvalue weighted by Gasteiger charge is -2.37. The topological polar surface area (TPSA) is 68.6 Å². The van der Waals surface area contributed by atoms with Gasteiger partial charge in [-0.2, -0.15) is 5.10 Å². The Morgan fingerprint density at radius 2 is 2.00 bits per heavy atom. The first-order valence-electron chi connectivity index (χ1n) is 11.0. The first kappa shape index (κ1) is 20.8. The lowest BCUT2D eigenvalue weighted by Crippen LogP contribution is -2.49. The molecular weight excluding hydrogens is 411 g/mol. The van der Waals surface area contributed by atoms with Crippen LogP contribution in [0.3, 0.4) is 0 Å². The van der Waals surface area contributed by atoms with E-state index in [2.05, 4.69) is 11.9 Å². The van der Waals surface area contributed by atoms with E-state index >= 15 is 0 Å². The highest BCUT2D eigenvalue weighted by molar-refractivity contribution is 6.07. The van der Waals surface area contributed by atoms with E-state index in [0.29, 0.717) is 23.6 Å². The van der Waals surface area contributed by atoms with Crippen LogP contribution < -0.4 is 4.74 Å². The molecular formula is C24H27FN4O3. The Morgan fingerprint density at radius 3 is 2.75 bits per heavy atom. The van der Waals surface area contributed by atoms with Crippen LogP contribution in [0.4, 0.5) is 9.18 Å². The van der Waals surface area contributed by atoms with Crippen molar-refractivity contribution in [2.75, 3.05) is 33.8 Å². The largest absolute Gasteiger partial charge is 0.508 e. The van der Waals surface area contributed by atoms with Crippen LogP contribution in [0.2, 0.25) is 0 Å². The van der Waals surface area contributed by atoms with E-state index < -0.39 is 6.04 Å². The number of carbonyl (C=O) groups is 1. The smallest absolute Gasteiger partial charge is 0.341 e. The Labute approximate surface area is 186 Å². The van der Waals surface area contributed by atoms with Gasteiger partial charge < -0.3 is 19.6 Å². The van der Waals surface area contributed by atoms with Crippen LogP contribution in [-0.4, -0.2) is 71.5 Å². The molecule has 3 heterocycles. The third-order valence-corrected chi connectivity index (χ3v) is 6.79. The number of aromatic hydroxyl groups is 1. The van der Waals surface area contributed by atoms with Gasteiger partial charge in [0.25, 0.3) is 0 Å². The molecule has 2 amide bonds. The monoisotopic (exact) mass is 438 g/mol. The summed E-state index contributed by atoms with van der Waals surface area (Å²) >= 11 is 0. The van der Waals surface area contributed by atoms with Crippen LogP contribution in [0.1, 0.15) is 30.0 Å². The van der Waals surface area contributed by atoms with Crippen LogP contribution >= 0.6 is 0 Å². The van der Waals surface area contributed by atoms with Crippen LogP contribution in [-0.2, 0) is 0 Å². The second-order valence-electron chi connectivity index (χ2n) is 8.86. The van der Waals surface area contributed by atoms with Gasteiger partial charge in [0.2, 0.25) is 0 Å². The molecule has 32 heavy (non-hydrogen) atoms. The summed E-state index contributed by atoms with van der Waals surface area (Å²) in [7, 11) is 3.91. The number of phenolic OH excluding ortho intramolecular Hbond substituents is 1. The second-order valence-corrected chi connectivity index (χ2v) is 8.86. The molecule has 7 nitrogen and oxygen atoms in total. The molecule has 0 aliphatic carbocycles. The molecule has 2 atom stereocenters. The third kappa shape index (κ3) is 3.58. The van der Waals surface area contributed by atoms with Crippen LogP contribution in [0.5, 0.6) is 11.5 Å². The maximum absolute atomic E-state index is 14.0. The van der Waals surface area contributed by atoms with E-state index in [1.54, 1.807) is 29.2 Å². The SMILES string of the molecule is CN1CCC(N(C)C(=O)N2N=C3c4cc(F)ccc4OC[C@H]3[C@H]2c2cccc(O)c2)CC1. The third-order valence-electron chi connectivity index (χ3n) is 6.79. The highest BCUT2D eigenvalue weighted by Gasteiger charge is 2.46. The predicted octanol–water partition coefficient (Wildman–Crippen LogP) is 3.45. The first-order valence-corrected chi connectivity index (χ1v) is 11.0. The number of carbonyl (C=O) groups excluding carboxylic acids is 1. The Bertz CT molecular complexity index is 1070. The van der Waals surface area contributed by atoms with Crippen LogP contribution in [0, 0.1) is 11.7 Å². The fourth-order valence-electron chi connectivity index (χ4n) is 4.95. The van der Waals surface area contributed by atoms with Crippen molar-refractivity contribution in [1.29, 1.82) is 0 Å². The van der Waals surface area contributed by atoms with Crippen LogP contribution in [0.15, 0.2) is 47.6 Å². The number of amides is 2. The van der Waals surface area contributed by atoms with Crippen molar-refractivity contribution in [3.05, 3.63) is 59.4 Å². The Kier molecular flexibility index (Phi) is 5.25. The molecule has 2 aromatic rings. The number of hydrogen-bond acceptors (Lipinski definition) is 5. The van der Waals surface area contributed by atoms with Gasteiger partial charge in [-0.05, 0) is 68.9 Å². The number of nitrogens with zero attached hydrogens (tertiary/aromatic N) is 4. The summed E-state index contributed by atoms with van der Waals surface area (Å²) < 4.78 is 20.0. The summed E-state index contributed by atoms with van der Waals surface area (Å²) in [5.41, 5.74) is 1.98. The van der Waals surface area contributed by atoms with Gasteiger partial charge in [0.05, 0.1) is 24.3 Å². The summed E-state index contributed by atoms with van der Waals surface area (Å²) in [4.78, 5) is 17.7. The summed E-state index contributed by atoms with van der Waals surface area (Å²) in [6.07, 6.45) is 1.81. The molecule has 1 saturated heterocycles. The van der Waals surface area contributed by atoms with Gasteiger partial charge in [0, 0.05) is 18.7 Å². The predicted molar refractivity (Wildman–Crippen MR) is 118 cm³/mol. The maximum Gasteiger partial charge on any atom is 0.341 e. The number of rotatable bonds is 2. The Morgan fingerprint density at radius 1 is 1.22 bits per heavy atom. The number of benzene rings is 2. The molecule has 1 N–H and O–H groups in total. The number of urea groups is 1. The zero-order valence-corrected chi connectivity index (χ0v) is 18.2. The van der Waals surface area contributed by atoms with Gasteiger partial charge in [0.15, 0.2) is 0 Å². The number of hydrazone groups is 1. The van der Waals surface area contributed by atoms with Crippen molar-refractivity contribution in [3.8, 4) is 11.5 Å². The van der Waals surface area contributed by atoms with Crippen molar-refractivity contribution >= 4 is 11.7 Å². The number of hydrogen-bond donors (Lipinski definition) is 1. The van der Waals surface area contributed by atoms with Gasteiger partial charge in [-0.25, -0.2) is 14.2 Å². The summed E-state index contributed by atoms with van der Waals surface area (Å²) in [5.74, 6) is 0.0444. The van der Waals surface area contributed by atoms with Crippen molar-refractivity contribution in [2.24, 2.45) is 11.0 Å². The molecule has 5 rings (SSSR count). The molecule has 168 valence electrons. The number of fused-ring (bicyclic) bond motifs is 3. The van der Waals surface area contributed by atoms with Gasteiger partial charge in [-0.3, -0.25) is 0 Å². The molecule has 0 saturated carbocycles. The summed E-state index contributed by atoms with van der Waals surface area (Å²) in [6, 6.07) is 10.7. The quantitative estimate of drug-likeness (QED) is 0.780. The number of halogens is 1. The minimum Gasteiger partial charge on any atom is -0.508 e. The normalized spacial score (nSPS) is 23.2. The molecule has 3 aliphatic heterocycles. The zero-order valence-electron chi connectivity index (χ0n) is 18.2. The molecule has 0 bridgehead atoms. The minimum atomic E-state index is -0.449. The highest BCUT2D eigenvalue weighted by atomic mass is 19.1. The Balaban J connectivity index is 1.53. The Hall–Kier alpha value is -3.13. The van der Waals surface area contributed by atoms with Gasteiger partial charge in [-0.15, -0.1) is 0 Å². The van der Waals surface area contributed by atoms with Crippen molar-refractivity contribution < 1.29 is 19.0 Å². The maximum atomic E-state index is 14.0. The van der Waals surface area contributed by atoms with E-state index in [0.717, 1.165) is 31.5 Å². The molecule has 8 heteroatoms. The van der Waals surface area contributed by atoms with E-state index in [1.807, 2.05) is 13.1 Å². The fraction of sp³-hybridized carbons (Fsp3) is 0.417. The molecule has 0 radical (unpaired) electrons. The molecule has 1 fully saturated rings. The zero-order chi connectivity index (χ0) is 22.4. The molecule has 0 aromatic heterocycles. The van der Waals surface area contributed by atoms with Crippen molar-refractivity contribution in [1.82, 2.24) is 14.8 Å². The highest BCUT2D eigenvalue weighted by Crippen LogP contribution is 2.43.